The predicted octanol–water partition coefficient (Wildman–Crippen LogP) is 2.49. The molecular formula is C18H20N2O3. The normalized spacial score (nSPS) is 12.7. The summed E-state index contributed by atoms with van der Waals surface area (Å²) in [4.78, 5) is 12.0. The summed E-state index contributed by atoms with van der Waals surface area (Å²) >= 11 is 0. The highest BCUT2D eigenvalue weighted by Gasteiger charge is 2.12. The van der Waals surface area contributed by atoms with Crippen molar-refractivity contribution in [3.8, 4) is 11.5 Å². The Labute approximate surface area is 135 Å². The lowest BCUT2D eigenvalue weighted by atomic mass is 10.1. The van der Waals surface area contributed by atoms with Crippen LogP contribution in [0, 0.1) is 6.92 Å². The molecule has 0 radical (unpaired) electrons. The van der Waals surface area contributed by atoms with Crippen LogP contribution in [-0.4, -0.2) is 25.7 Å². The third-order valence-electron chi connectivity index (χ3n) is 3.52. The van der Waals surface area contributed by atoms with E-state index in [1.165, 1.54) is 5.56 Å². The van der Waals surface area contributed by atoms with E-state index in [0.29, 0.717) is 36.9 Å². The van der Waals surface area contributed by atoms with Gasteiger partial charge in [0.05, 0.1) is 6.54 Å². The van der Waals surface area contributed by atoms with Crippen LogP contribution in [0.2, 0.25) is 0 Å². The molecule has 5 heteroatoms. The van der Waals surface area contributed by atoms with E-state index in [1.54, 1.807) is 6.07 Å². The van der Waals surface area contributed by atoms with Crippen LogP contribution in [0.4, 0.5) is 5.69 Å². The largest absolute Gasteiger partial charge is 0.486 e. The zero-order valence-corrected chi connectivity index (χ0v) is 13.1. The number of nitrogens with one attached hydrogen (secondary N) is 2. The van der Waals surface area contributed by atoms with E-state index in [0.717, 1.165) is 5.56 Å². The second-order valence-corrected chi connectivity index (χ2v) is 5.50. The number of hydrogen-bond acceptors (Lipinski definition) is 4. The molecule has 2 aromatic carbocycles. The van der Waals surface area contributed by atoms with E-state index in [9.17, 15) is 4.79 Å². The maximum atomic E-state index is 12.0. The summed E-state index contributed by atoms with van der Waals surface area (Å²) in [6, 6.07) is 13.6. The minimum atomic E-state index is -0.0886. The third-order valence-corrected chi connectivity index (χ3v) is 3.52. The van der Waals surface area contributed by atoms with E-state index < -0.39 is 0 Å². The molecule has 0 spiro atoms. The van der Waals surface area contributed by atoms with Crippen LogP contribution < -0.4 is 20.1 Å². The number of anilines is 1. The van der Waals surface area contributed by atoms with Crippen molar-refractivity contribution < 1.29 is 14.3 Å². The zero-order chi connectivity index (χ0) is 16.1. The molecule has 1 amide bonds. The number of fused-ring (bicyclic) bond motifs is 1. The Morgan fingerprint density at radius 3 is 2.74 bits per heavy atom. The molecule has 120 valence electrons. The zero-order valence-electron chi connectivity index (χ0n) is 13.1. The van der Waals surface area contributed by atoms with Crippen molar-refractivity contribution in [2.24, 2.45) is 0 Å². The van der Waals surface area contributed by atoms with Crippen LogP contribution in [-0.2, 0) is 11.3 Å². The van der Waals surface area contributed by atoms with Gasteiger partial charge in [0, 0.05) is 18.3 Å². The van der Waals surface area contributed by atoms with Crippen LogP contribution in [0.5, 0.6) is 11.5 Å². The molecule has 0 bridgehead atoms. The second-order valence-electron chi connectivity index (χ2n) is 5.50. The van der Waals surface area contributed by atoms with Gasteiger partial charge in [0.2, 0.25) is 5.91 Å². The van der Waals surface area contributed by atoms with Crippen molar-refractivity contribution >= 4 is 11.6 Å². The predicted molar refractivity (Wildman–Crippen MR) is 88.9 cm³/mol. The number of ether oxygens (including phenoxy) is 2. The van der Waals surface area contributed by atoms with Gasteiger partial charge < -0.3 is 20.1 Å². The molecule has 0 unspecified atom stereocenters. The molecule has 0 atom stereocenters. The fraction of sp³-hybridized carbons (Fsp3) is 0.278. The molecule has 0 aromatic heterocycles. The number of carbonyl (C=O) groups is 1. The molecule has 0 saturated heterocycles. The topological polar surface area (TPSA) is 59.6 Å². The summed E-state index contributed by atoms with van der Waals surface area (Å²) in [5.41, 5.74) is 3.08. The van der Waals surface area contributed by atoms with Crippen LogP contribution >= 0.6 is 0 Å². The molecule has 0 saturated carbocycles. The first kappa shape index (κ1) is 15.4. The van der Waals surface area contributed by atoms with Crippen LogP contribution in [0.25, 0.3) is 0 Å². The van der Waals surface area contributed by atoms with Crippen LogP contribution in [0.1, 0.15) is 11.1 Å². The maximum Gasteiger partial charge on any atom is 0.238 e. The molecule has 0 aliphatic carbocycles. The summed E-state index contributed by atoms with van der Waals surface area (Å²) in [5, 5.41) is 6.00. The Morgan fingerprint density at radius 1 is 1.09 bits per heavy atom. The van der Waals surface area contributed by atoms with Gasteiger partial charge in [-0.25, -0.2) is 0 Å². The Bertz CT molecular complexity index is 700. The minimum absolute atomic E-state index is 0.0886. The smallest absolute Gasteiger partial charge is 0.238 e. The minimum Gasteiger partial charge on any atom is -0.486 e. The first-order valence-electron chi connectivity index (χ1n) is 7.66. The highest BCUT2D eigenvalue weighted by atomic mass is 16.6. The molecule has 3 rings (SSSR count). The van der Waals surface area contributed by atoms with E-state index in [4.69, 9.17) is 9.47 Å². The lowest BCUT2D eigenvalue weighted by Crippen LogP contribution is -2.27. The van der Waals surface area contributed by atoms with E-state index in [2.05, 4.69) is 29.7 Å². The summed E-state index contributed by atoms with van der Waals surface area (Å²) in [5.74, 6) is 1.29. The molecule has 1 aliphatic rings. The number of amides is 1. The van der Waals surface area contributed by atoms with Crippen molar-refractivity contribution in [3.63, 3.8) is 0 Å². The van der Waals surface area contributed by atoms with Crippen molar-refractivity contribution in [2.75, 3.05) is 25.1 Å². The van der Waals surface area contributed by atoms with Gasteiger partial charge in [0.1, 0.15) is 13.2 Å². The first-order valence-corrected chi connectivity index (χ1v) is 7.66. The summed E-state index contributed by atoms with van der Waals surface area (Å²) in [6.45, 7) is 4.06. The van der Waals surface area contributed by atoms with Gasteiger partial charge in [-0.2, -0.15) is 0 Å². The third kappa shape index (κ3) is 4.23. The number of carbonyl (C=O) groups excluding carboxylic acids is 1. The van der Waals surface area contributed by atoms with Crippen LogP contribution in [0.3, 0.4) is 0 Å². The average Bonchev–Trinajstić information content (AvgIpc) is 2.55. The van der Waals surface area contributed by atoms with Gasteiger partial charge in [-0.1, -0.05) is 29.8 Å². The lowest BCUT2D eigenvalue weighted by Gasteiger charge is -2.19. The monoisotopic (exact) mass is 312 g/mol. The van der Waals surface area contributed by atoms with Crippen molar-refractivity contribution in [3.05, 3.63) is 53.6 Å². The van der Waals surface area contributed by atoms with Gasteiger partial charge in [-0.15, -0.1) is 0 Å². The fourth-order valence-electron chi connectivity index (χ4n) is 2.47. The molecular weight excluding hydrogens is 292 g/mol. The molecule has 1 heterocycles. The molecule has 5 nitrogen and oxygen atoms in total. The maximum absolute atomic E-state index is 12.0. The fourth-order valence-corrected chi connectivity index (χ4v) is 2.47. The van der Waals surface area contributed by atoms with E-state index in [-0.39, 0.29) is 12.5 Å². The summed E-state index contributed by atoms with van der Waals surface area (Å²) in [6.07, 6.45) is 0. The van der Waals surface area contributed by atoms with Crippen molar-refractivity contribution in [1.29, 1.82) is 0 Å². The second kappa shape index (κ2) is 7.15. The average molecular weight is 312 g/mol. The van der Waals surface area contributed by atoms with Gasteiger partial charge in [-0.05, 0) is 24.6 Å². The molecule has 23 heavy (non-hydrogen) atoms. The van der Waals surface area contributed by atoms with Gasteiger partial charge in [0.25, 0.3) is 0 Å². The summed E-state index contributed by atoms with van der Waals surface area (Å²) < 4.78 is 11.0. The highest BCUT2D eigenvalue weighted by molar-refractivity contribution is 5.92. The Kier molecular flexibility index (Phi) is 4.78. The quantitative estimate of drug-likeness (QED) is 0.890. The van der Waals surface area contributed by atoms with Crippen molar-refractivity contribution in [2.45, 2.75) is 13.5 Å². The van der Waals surface area contributed by atoms with Crippen molar-refractivity contribution in [1.82, 2.24) is 5.32 Å². The Balaban J connectivity index is 1.49. The Hall–Kier alpha value is -2.53. The van der Waals surface area contributed by atoms with Crippen LogP contribution in [0.15, 0.2) is 42.5 Å². The van der Waals surface area contributed by atoms with E-state index in [1.807, 2.05) is 24.3 Å². The van der Waals surface area contributed by atoms with Gasteiger partial charge >= 0.3 is 0 Å². The Morgan fingerprint density at radius 2 is 1.91 bits per heavy atom. The number of hydrogen-bond donors (Lipinski definition) is 2. The first-order chi connectivity index (χ1) is 11.2. The molecule has 2 aromatic rings. The summed E-state index contributed by atoms with van der Waals surface area (Å²) in [7, 11) is 0. The number of rotatable bonds is 5. The van der Waals surface area contributed by atoms with Gasteiger partial charge in [0.15, 0.2) is 11.5 Å². The number of aryl methyl sites for hydroxylation is 1. The molecule has 0 fully saturated rings. The molecule has 2 N–H and O–H groups in total. The lowest BCUT2D eigenvalue weighted by molar-refractivity contribution is -0.115. The number of benzene rings is 2. The van der Waals surface area contributed by atoms with Gasteiger partial charge in [-0.3, -0.25) is 4.79 Å². The molecule has 1 aliphatic heterocycles. The standard InChI is InChI=1S/C18H20N2O3/c1-13-3-2-4-14(9-13)11-19-12-18(21)20-15-5-6-16-17(10-15)23-8-7-22-16/h2-6,9-10,19H,7-8,11-12H2,1H3,(H,20,21). The highest BCUT2D eigenvalue weighted by Crippen LogP contribution is 2.32. The SMILES string of the molecule is Cc1cccc(CNCC(=O)Nc2ccc3c(c2)OCCO3)c1. The van der Waals surface area contributed by atoms with E-state index >= 15 is 0 Å².